The van der Waals surface area contributed by atoms with Crippen LogP contribution in [0.3, 0.4) is 0 Å². The largest absolute Gasteiger partial charge is 0.496 e. The fourth-order valence-corrected chi connectivity index (χ4v) is 6.14. The molecule has 2 aromatic rings. The van der Waals surface area contributed by atoms with Crippen molar-refractivity contribution >= 4 is 15.9 Å². The molecular formula is C27H38N2O4S. The summed E-state index contributed by atoms with van der Waals surface area (Å²) in [6, 6.07) is 8.71. The summed E-state index contributed by atoms with van der Waals surface area (Å²) in [5, 5.41) is 3.08. The molecule has 0 saturated carbocycles. The van der Waals surface area contributed by atoms with E-state index in [1.165, 1.54) is 6.07 Å². The van der Waals surface area contributed by atoms with Crippen molar-refractivity contribution in [2.75, 3.05) is 20.2 Å². The van der Waals surface area contributed by atoms with E-state index in [4.69, 9.17) is 4.74 Å². The number of nitrogens with one attached hydrogen (secondary N) is 1. The second-order valence-electron chi connectivity index (χ2n) is 9.60. The Morgan fingerprint density at radius 1 is 0.941 bits per heavy atom. The first-order valence-electron chi connectivity index (χ1n) is 12.2. The van der Waals surface area contributed by atoms with Gasteiger partial charge in [-0.3, -0.25) is 4.79 Å². The van der Waals surface area contributed by atoms with Crippen LogP contribution >= 0.6 is 0 Å². The molecule has 2 aromatic carbocycles. The van der Waals surface area contributed by atoms with E-state index in [1.54, 1.807) is 23.5 Å². The Morgan fingerprint density at radius 2 is 1.59 bits per heavy atom. The highest BCUT2D eigenvalue weighted by molar-refractivity contribution is 7.89. The lowest BCUT2D eigenvalue weighted by Gasteiger charge is -2.22. The van der Waals surface area contributed by atoms with Crippen molar-refractivity contribution in [1.82, 2.24) is 9.62 Å². The van der Waals surface area contributed by atoms with Crippen LogP contribution < -0.4 is 10.1 Å². The molecule has 1 heterocycles. The zero-order valence-corrected chi connectivity index (χ0v) is 22.1. The van der Waals surface area contributed by atoms with E-state index >= 15 is 0 Å². The molecule has 0 spiro atoms. The Morgan fingerprint density at radius 3 is 2.18 bits per heavy atom. The van der Waals surface area contributed by atoms with Crippen molar-refractivity contribution < 1.29 is 17.9 Å². The number of methoxy groups -OCH3 is 1. The number of rotatable bonds is 7. The summed E-state index contributed by atoms with van der Waals surface area (Å²) < 4.78 is 33.6. The first-order valence-corrected chi connectivity index (χ1v) is 13.6. The molecule has 7 heteroatoms. The molecule has 3 rings (SSSR count). The minimum Gasteiger partial charge on any atom is -0.496 e. The van der Waals surface area contributed by atoms with Crippen molar-refractivity contribution in [3.8, 4) is 5.75 Å². The fourth-order valence-electron chi connectivity index (χ4n) is 4.60. The molecule has 186 valence electrons. The van der Waals surface area contributed by atoms with Crippen LogP contribution in [0.5, 0.6) is 5.75 Å². The topological polar surface area (TPSA) is 75.7 Å². The maximum Gasteiger partial charge on any atom is 0.252 e. The molecule has 1 amide bonds. The minimum absolute atomic E-state index is 0.181. The zero-order chi connectivity index (χ0) is 25.0. The first-order chi connectivity index (χ1) is 16.1. The van der Waals surface area contributed by atoms with Crippen LogP contribution in [-0.2, 0) is 10.0 Å². The molecule has 1 N–H and O–H groups in total. The van der Waals surface area contributed by atoms with Crippen molar-refractivity contribution in [2.45, 2.75) is 77.2 Å². The Bertz CT molecular complexity index is 1130. The van der Waals surface area contributed by atoms with E-state index in [0.717, 1.165) is 53.7 Å². The van der Waals surface area contributed by atoms with Crippen molar-refractivity contribution in [3.05, 3.63) is 58.1 Å². The summed E-state index contributed by atoms with van der Waals surface area (Å²) in [6.45, 7) is 11.1. The maximum atomic E-state index is 13.3. The summed E-state index contributed by atoms with van der Waals surface area (Å²) in [7, 11) is -1.96. The van der Waals surface area contributed by atoms with E-state index < -0.39 is 10.0 Å². The summed E-state index contributed by atoms with van der Waals surface area (Å²) in [5.74, 6) is 0.844. The third-order valence-corrected chi connectivity index (χ3v) is 8.61. The number of amides is 1. The lowest BCUT2D eigenvalue weighted by molar-refractivity contribution is 0.0939. The molecule has 1 atom stereocenters. The number of sulfonamides is 1. The van der Waals surface area contributed by atoms with Gasteiger partial charge in [0.15, 0.2) is 0 Å². The zero-order valence-electron chi connectivity index (χ0n) is 21.3. The van der Waals surface area contributed by atoms with Gasteiger partial charge in [0, 0.05) is 18.7 Å². The number of nitrogens with zero attached hydrogens (tertiary/aromatic N) is 1. The van der Waals surface area contributed by atoms with Gasteiger partial charge < -0.3 is 10.1 Å². The molecule has 1 fully saturated rings. The number of carbonyl (C=O) groups is 1. The predicted octanol–water partition coefficient (Wildman–Crippen LogP) is 5.49. The third-order valence-electron chi connectivity index (χ3n) is 6.71. The fraction of sp³-hybridized carbons (Fsp3) is 0.519. The van der Waals surface area contributed by atoms with E-state index in [0.29, 0.717) is 18.7 Å². The van der Waals surface area contributed by atoms with Gasteiger partial charge in [-0.15, -0.1) is 0 Å². The highest BCUT2D eigenvalue weighted by atomic mass is 32.2. The second-order valence-corrected chi connectivity index (χ2v) is 11.5. The quantitative estimate of drug-likeness (QED) is 0.561. The molecule has 1 aliphatic rings. The Kier molecular flexibility index (Phi) is 8.42. The molecular weight excluding hydrogens is 448 g/mol. The SMILES string of the molecule is COc1cc(C)c([C@@H](C)NC(=O)c2cc(S(=O)(=O)N3CCCCCC3)ccc2C)cc1C(C)C. The van der Waals surface area contributed by atoms with Gasteiger partial charge in [-0.2, -0.15) is 4.31 Å². The lowest BCUT2D eigenvalue weighted by Crippen LogP contribution is -2.32. The van der Waals surface area contributed by atoms with Crippen LogP contribution in [0.15, 0.2) is 35.2 Å². The molecule has 0 aliphatic carbocycles. The average Bonchev–Trinajstić information content (AvgIpc) is 3.08. The van der Waals surface area contributed by atoms with Gasteiger partial charge in [-0.1, -0.05) is 32.8 Å². The second kappa shape index (κ2) is 10.9. The molecule has 1 aliphatic heterocycles. The number of benzene rings is 2. The Labute approximate surface area is 204 Å². The van der Waals surface area contributed by atoms with Gasteiger partial charge in [0.2, 0.25) is 10.0 Å². The van der Waals surface area contributed by atoms with Crippen molar-refractivity contribution in [1.29, 1.82) is 0 Å². The van der Waals surface area contributed by atoms with Gasteiger partial charge in [-0.05, 0) is 86.1 Å². The Hall–Kier alpha value is -2.38. The summed E-state index contributed by atoms with van der Waals surface area (Å²) in [4.78, 5) is 13.4. The van der Waals surface area contributed by atoms with Gasteiger partial charge in [0.05, 0.1) is 18.0 Å². The number of hydrogen-bond acceptors (Lipinski definition) is 4. The summed E-state index contributed by atoms with van der Waals surface area (Å²) in [6.07, 6.45) is 3.84. The highest BCUT2D eigenvalue weighted by Crippen LogP contribution is 2.32. The minimum atomic E-state index is -3.63. The standard InChI is InChI=1S/C27H38N2O4S/c1-18(2)23-17-24(20(4)15-26(23)33-6)21(5)28-27(30)25-16-22(12-11-19(25)3)34(31,32)29-13-9-7-8-10-14-29/h11-12,15-18,21H,7-10,13-14H2,1-6H3,(H,28,30)/t21-/m1/s1. The summed E-state index contributed by atoms with van der Waals surface area (Å²) >= 11 is 0. The van der Waals surface area contributed by atoms with Crippen LogP contribution in [0, 0.1) is 13.8 Å². The molecule has 1 saturated heterocycles. The van der Waals surface area contributed by atoms with Crippen LogP contribution in [0.4, 0.5) is 0 Å². The van der Waals surface area contributed by atoms with Crippen LogP contribution in [0.25, 0.3) is 0 Å². The molecule has 34 heavy (non-hydrogen) atoms. The molecule has 0 radical (unpaired) electrons. The smallest absolute Gasteiger partial charge is 0.252 e. The molecule has 0 bridgehead atoms. The van der Waals surface area contributed by atoms with Gasteiger partial charge in [-0.25, -0.2) is 8.42 Å². The van der Waals surface area contributed by atoms with Crippen LogP contribution in [-0.4, -0.2) is 38.8 Å². The van der Waals surface area contributed by atoms with E-state index in [9.17, 15) is 13.2 Å². The molecule has 6 nitrogen and oxygen atoms in total. The van der Waals surface area contributed by atoms with Crippen molar-refractivity contribution in [2.24, 2.45) is 0 Å². The predicted molar refractivity (Wildman–Crippen MR) is 136 cm³/mol. The van der Waals surface area contributed by atoms with Gasteiger partial charge in [0.1, 0.15) is 5.75 Å². The Balaban J connectivity index is 1.87. The van der Waals surface area contributed by atoms with E-state index in [1.807, 2.05) is 26.8 Å². The number of aryl methyl sites for hydroxylation is 2. The summed E-state index contributed by atoms with van der Waals surface area (Å²) in [5.41, 5.74) is 4.27. The van der Waals surface area contributed by atoms with Crippen molar-refractivity contribution in [3.63, 3.8) is 0 Å². The lowest BCUT2D eigenvalue weighted by atomic mass is 9.93. The van der Waals surface area contributed by atoms with Crippen LogP contribution in [0.2, 0.25) is 0 Å². The molecule has 0 unspecified atom stereocenters. The number of hydrogen-bond donors (Lipinski definition) is 1. The molecule has 0 aromatic heterocycles. The van der Waals surface area contributed by atoms with E-state index in [2.05, 4.69) is 25.2 Å². The highest BCUT2D eigenvalue weighted by Gasteiger charge is 2.27. The van der Waals surface area contributed by atoms with Crippen LogP contribution in [0.1, 0.15) is 91.0 Å². The van der Waals surface area contributed by atoms with Gasteiger partial charge >= 0.3 is 0 Å². The third kappa shape index (κ3) is 5.63. The maximum absolute atomic E-state index is 13.3. The average molecular weight is 487 g/mol. The van der Waals surface area contributed by atoms with E-state index in [-0.39, 0.29) is 22.8 Å². The van der Waals surface area contributed by atoms with Gasteiger partial charge in [0.25, 0.3) is 5.91 Å². The number of carbonyl (C=O) groups excluding carboxylic acids is 1. The number of ether oxygens (including phenoxy) is 1. The monoisotopic (exact) mass is 486 g/mol. The normalized spacial score (nSPS) is 16.2. The first kappa shape index (κ1) is 26.2.